The summed E-state index contributed by atoms with van der Waals surface area (Å²) in [5, 5.41) is 0. The zero-order valence-corrected chi connectivity index (χ0v) is 16.0. The predicted molar refractivity (Wildman–Crippen MR) is 106 cm³/mol. The molecule has 1 heteroatoms. The lowest BCUT2D eigenvalue weighted by molar-refractivity contribution is 0.245. The molecular formula is C23H33N. The number of benzene rings is 1. The third-order valence-electron chi connectivity index (χ3n) is 4.62. The SMILES string of the molecule is CCCCC#Cc1ccc(C2=CCN(CCC(C)(C)C)CC2)cc1. The number of hydrogen-bond donors (Lipinski definition) is 0. The van der Waals surface area contributed by atoms with E-state index in [-0.39, 0.29) is 0 Å². The Balaban J connectivity index is 1.88. The van der Waals surface area contributed by atoms with Crippen molar-refractivity contribution in [1.82, 2.24) is 4.90 Å². The Hall–Kier alpha value is -1.52. The van der Waals surface area contributed by atoms with Crippen LogP contribution in [0.25, 0.3) is 5.57 Å². The van der Waals surface area contributed by atoms with Gasteiger partial charge in [-0.2, -0.15) is 0 Å². The Labute approximate surface area is 149 Å². The molecule has 2 rings (SSSR count). The first-order chi connectivity index (χ1) is 11.5. The number of unbranched alkanes of at least 4 members (excludes halogenated alkanes) is 2. The van der Waals surface area contributed by atoms with Crippen LogP contribution >= 0.6 is 0 Å². The first kappa shape index (κ1) is 18.8. The van der Waals surface area contributed by atoms with E-state index in [1.165, 1.54) is 43.5 Å². The van der Waals surface area contributed by atoms with Gasteiger partial charge in [-0.05, 0) is 54.5 Å². The average molecular weight is 324 g/mol. The summed E-state index contributed by atoms with van der Waals surface area (Å²) in [7, 11) is 0. The molecule has 0 aromatic heterocycles. The molecule has 0 amide bonds. The van der Waals surface area contributed by atoms with E-state index in [4.69, 9.17) is 0 Å². The van der Waals surface area contributed by atoms with Gasteiger partial charge in [0.15, 0.2) is 0 Å². The molecule has 0 unspecified atom stereocenters. The van der Waals surface area contributed by atoms with Gasteiger partial charge < -0.3 is 0 Å². The molecular weight excluding hydrogens is 290 g/mol. The Kier molecular flexibility index (Phi) is 7.13. The standard InChI is InChI=1S/C23H33N/c1-5-6-7-8-9-20-10-12-21(13-11-20)22-14-17-24(18-15-22)19-16-23(2,3)4/h10-14H,5-7,15-19H2,1-4H3. The Morgan fingerprint density at radius 3 is 2.46 bits per heavy atom. The highest BCUT2D eigenvalue weighted by molar-refractivity contribution is 5.67. The molecule has 0 atom stereocenters. The Bertz CT molecular complexity index is 590. The van der Waals surface area contributed by atoms with Crippen LogP contribution in [0.3, 0.4) is 0 Å². The van der Waals surface area contributed by atoms with Crippen LogP contribution < -0.4 is 0 Å². The molecule has 1 heterocycles. The second-order valence-corrected chi connectivity index (χ2v) is 8.07. The number of hydrogen-bond acceptors (Lipinski definition) is 1. The van der Waals surface area contributed by atoms with Crippen molar-refractivity contribution in [2.75, 3.05) is 19.6 Å². The largest absolute Gasteiger partial charge is 0.299 e. The van der Waals surface area contributed by atoms with Gasteiger partial charge in [0, 0.05) is 25.1 Å². The smallest absolute Gasteiger partial charge is 0.0245 e. The lowest BCUT2D eigenvalue weighted by Crippen LogP contribution is -2.31. The first-order valence-electron chi connectivity index (χ1n) is 9.48. The number of nitrogens with zero attached hydrogens (tertiary/aromatic N) is 1. The van der Waals surface area contributed by atoms with Gasteiger partial charge in [-0.3, -0.25) is 4.90 Å². The molecule has 0 spiro atoms. The highest BCUT2D eigenvalue weighted by Gasteiger charge is 2.16. The third kappa shape index (κ3) is 6.54. The maximum Gasteiger partial charge on any atom is 0.0245 e. The van der Waals surface area contributed by atoms with Crippen molar-refractivity contribution in [2.24, 2.45) is 5.41 Å². The van der Waals surface area contributed by atoms with Crippen LogP contribution in [-0.2, 0) is 0 Å². The summed E-state index contributed by atoms with van der Waals surface area (Å²) in [4.78, 5) is 2.57. The van der Waals surface area contributed by atoms with Crippen molar-refractivity contribution in [3.8, 4) is 11.8 Å². The lowest BCUT2D eigenvalue weighted by Gasteiger charge is -2.29. The summed E-state index contributed by atoms with van der Waals surface area (Å²) in [6.07, 6.45) is 8.26. The van der Waals surface area contributed by atoms with E-state index < -0.39 is 0 Å². The summed E-state index contributed by atoms with van der Waals surface area (Å²) in [5.41, 5.74) is 4.42. The molecule has 130 valence electrons. The van der Waals surface area contributed by atoms with Crippen molar-refractivity contribution in [3.05, 3.63) is 41.5 Å². The van der Waals surface area contributed by atoms with E-state index in [9.17, 15) is 0 Å². The first-order valence-corrected chi connectivity index (χ1v) is 9.48. The lowest BCUT2D eigenvalue weighted by atomic mass is 9.91. The van der Waals surface area contributed by atoms with Gasteiger partial charge in [0.05, 0.1) is 0 Å². The molecule has 1 aromatic rings. The van der Waals surface area contributed by atoms with Crippen LogP contribution in [0.1, 0.15) is 70.9 Å². The Morgan fingerprint density at radius 1 is 1.12 bits per heavy atom. The van der Waals surface area contributed by atoms with E-state index in [0.717, 1.165) is 24.9 Å². The fourth-order valence-electron chi connectivity index (χ4n) is 2.87. The molecule has 1 aromatic carbocycles. The van der Waals surface area contributed by atoms with Gasteiger partial charge in [0.25, 0.3) is 0 Å². The Morgan fingerprint density at radius 2 is 1.88 bits per heavy atom. The van der Waals surface area contributed by atoms with E-state index in [1.54, 1.807) is 0 Å². The summed E-state index contributed by atoms with van der Waals surface area (Å²) >= 11 is 0. The zero-order valence-electron chi connectivity index (χ0n) is 16.0. The van der Waals surface area contributed by atoms with Gasteiger partial charge >= 0.3 is 0 Å². The molecule has 1 nitrogen and oxygen atoms in total. The maximum absolute atomic E-state index is 3.27. The number of rotatable bonds is 5. The third-order valence-corrected chi connectivity index (χ3v) is 4.62. The molecule has 0 saturated carbocycles. The summed E-state index contributed by atoms with van der Waals surface area (Å²) in [6, 6.07) is 8.81. The summed E-state index contributed by atoms with van der Waals surface area (Å²) in [5.74, 6) is 6.53. The van der Waals surface area contributed by atoms with Crippen LogP contribution in [0.5, 0.6) is 0 Å². The van der Waals surface area contributed by atoms with Crippen LogP contribution in [0, 0.1) is 17.3 Å². The van der Waals surface area contributed by atoms with Crippen molar-refractivity contribution in [2.45, 2.75) is 59.8 Å². The molecule has 0 N–H and O–H groups in total. The summed E-state index contributed by atoms with van der Waals surface area (Å²) in [6.45, 7) is 12.7. The monoisotopic (exact) mass is 323 g/mol. The minimum atomic E-state index is 0.429. The second kappa shape index (κ2) is 9.09. The molecule has 24 heavy (non-hydrogen) atoms. The van der Waals surface area contributed by atoms with E-state index >= 15 is 0 Å². The van der Waals surface area contributed by atoms with Crippen LogP contribution in [0.15, 0.2) is 30.3 Å². The van der Waals surface area contributed by atoms with Gasteiger partial charge in [0.2, 0.25) is 0 Å². The quantitative estimate of drug-likeness (QED) is 0.492. The molecule has 0 fully saturated rings. The molecule has 1 aliphatic heterocycles. The molecule has 0 radical (unpaired) electrons. The van der Waals surface area contributed by atoms with Gasteiger partial charge in [-0.25, -0.2) is 0 Å². The highest BCUT2D eigenvalue weighted by atomic mass is 15.1. The van der Waals surface area contributed by atoms with Crippen molar-refractivity contribution in [3.63, 3.8) is 0 Å². The fourth-order valence-corrected chi connectivity index (χ4v) is 2.87. The van der Waals surface area contributed by atoms with Gasteiger partial charge in [0.1, 0.15) is 0 Å². The van der Waals surface area contributed by atoms with Gasteiger partial charge in [-0.15, -0.1) is 0 Å². The molecule has 1 aliphatic rings. The highest BCUT2D eigenvalue weighted by Crippen LogP contribution is 2.24. The minimum absolute atomic E-state index is 0.429. The molecule has 0 bridgehead atoms. The zero-order chi connectivity index (χ0) is 17.4. The van der Waals surface area contributed by atoms with Crippen molar-refractivity contribution >= 4 is 5.57 Å². The van der Waals surface area contributed by atoms with Crippen molar-refractivity contribution in [1.29, 1.82) is 0 Å². The van der Waals surface area contributed by atoms with Crippen LogP contribution in [-0.4, -0.2) is 24.5 Å². The van der Waals surface area contributed by atoms with Crippen molar-refractivity contribution < 1.29 is 0 Å². The van der Waals surface area contributed by atoms with Crippen LogP contribution in [0.2, 0.25) is 0 Å². The molecule has 0 saturated heterocycles. The topological polar surface area (TPSA) is 3.24 Å². The second-order valence-electron chi connectivity index (χ2n) is 8.07. The summed E-state index contributed by atoms with van der Waals surface area (Å²) < 4.78 is 0. The molecule has 0 aliphatic carbocycles. The van der Waals surface area contributed by atoms with E-state index in [2.05, 4.69) is 74.8 Å². The maximum atomic E-state index is 3.27. The van der Waals surface area contributed by atoms with E-state index in [0.29, 0.717) is 5.41 Å². The van der Waals surface area contributed by atoms with Gasteiger partial charge in [-0.1, -0.05) is 64.2 Å². The van der Waals surface area contributed by atoms with E-state index in [1.807, 2.05) is 0 Å². The normalized spacial score (nSPS) is 15.6. The van der Waals surface area contributed by atoms with Crippen LogP contribution in [0.4, 0.5) is 0 Å². The fraction of sp³-hybridized carbons (Fsp3) is 0.565. The minimum Gasteiger partial charge on any atom is -0.299 e. The average Bonchev–Trinajstić information content (AvgIpc) is 2.57. The predicted octanol–water partition coefficient (Wildman–Crippen LogP) is 5.75.